The summed E-state index contributed by atoms with van der Waals surface area (Å²) in [7, 11) is 4.11. The Morgan fingerprint density at radius 3 is 2.33 bits per heavy atom. The molecule has 122 valence electrons. The lowest BCUT2D eigenvalue weighted by molar-refractivity contribution is -0.137. The largest absolute Gasteiger partial charge is 0.481 e. The molecular weight excluding hydrogens is 272 g/mol. The molecule has 0 aromatic rings. The van der Waals surface area contributed by atoms with Crippen LogP contribution < -0.4 is 5.32 Å². The fourth-order valence-corrected chi connectivity index (χ4v) is 2.29. The lowest BCUT2D eigenvalue weighted by Gasteiger charge is -2.35. The van der Waals surface area contributed by atoms with E-state index in [1.165, 1.54) is 0 Å². The summed E-state index contributed by atoms with van der Waals surface area (Å²) in [5.74, 6) is -0.879. The Balaban J connectivity index is 2.32. The van der Waals surface area contributed by atoms with Gasteiger partial charge in [0.05, 0.1) is 6.42 Å². The quantitative estimate of drug-likeness (QED) is 0.699. The molecule has 1 atom stereocenters. The number of piperazine rings is 1. The molecule has 0 spiro atoms. The zero-order valence-corrected chi connectivity index (χ0v) is 13.3. The SMILES string of the molecule is CCC(CC(=O)O)NC(=O)N1CCN(CCN(C)C)CC1. The molecule has 1 fully saturated rings. The van der Waals surface area contributed by atoms with Crippen molar-refractivity contribution in [2.24, 2.45) is 0 Å². The number of hydrogen-bond donors (Lipinski definition) is 2. The highest BCUT2D eigenvalue weighted by Crippen LogP contribution is 2.04. The molecule has 0 aliphatic carbocycles. The van der Waals surface area contributed by atoms with Crippen LogP contribution in [0.1, 0.15) is 19.8 Å². The summed E-state index contributed by atoms with van der Waals surface area (Å²) in [5, 5.41) is 11.6. The topological polar surface area (TPSA) is 76.1 Å². The van der Waals surface area contributed by atoms with Gasteiger partial charge in [-0.05, 0) is 20.5 Å². The van der Waals surface area contributed by atoms with Crippen molar-refractivity contribution in [3.05, 3.63) is 0 Å². The van der Waals surface area contributed by atoms with Crippen molar-refractivity contribution < 1.29 is 14.7 Å². The molecule has 2 N–H and O–H groups in total. The van der Waals surface area contributed by atoms with E-state index >= 15 is 0 Å². The molecule has 1 heterocycles. The third-order valence-corrected chi connectivity index (χ3v) is 3.76. The number of carboxylic acids is 1. The Hall–Kier alpha value is -1.34. The summed E-state index contributed by atoms with van der Waals surface area (Å²) in [6.45, 7) is 7.05. The van der Waals surface area contributed by atoms with Crippen LogP contribution in [0.15, 0.2) is 0 Å². The highest BCUT2D eigenvalue weighted by atomic mass is 16.4. The maximum Gasteiger partial charge on any atom is 0.317 e. The number of carbonyl (C=O) groups is 2. The molecule has 0 radical (unpaired) electrons. The minimum atomic E-state index is -0.879. The van der Waals surface area contributed by atoms with Gasteiger partial charge in [0.15, 0.2) is 0 Å². The molecule has 2 amide bonds. The van der Waals surface area contributed by atoms with Gasteiger partial charge in [-0.3, -0.25) is 9.69 Å². The Morgan fingerprint density at radius 2 is 1.86 bits per heavy atom. The van der Waals surface area contributed by atoms with Crippen LogP contribution >= 0.6 is 0 Å². The van der Waals surface area contributed by atoms with Crippen LogP contribution in [0.2, 0.25) is 0 Å². The summed E-state index contributed by atoms with van der Waals surface area (Å²) in [6, 6.07) is -0.433. The van der Waals surface area contributed by atoms with E-state index in [0.717, 1.165) is 26.2 Å². The van der Waals surface area contributed by atoms with Gasteiger partial charge in [0.25, 0.3) is 0 Å². The van der Waals surface area contributed by atoms with Crippen molar-refractivity contribution >= 4 is 12.0 Å². The van der Waals surface area contributed by atoms with E-state index in [1.807, 2.05) is 6.92 Å². The number of likely N-dealkylation sites (N-methyl/N-ethyl adjacent to an activating group) is 1. The first-order valence-electron chi connectivity index (χ1n) is 7.56. The van der Waals surface area contributed by atoms with E-state index in [2.05, 4.69) is 29.2 Å². The van der Waals surface area contributed by atoms with Crippen molar-refractivity contribution in [3.8, 4) is 0 Å². The number of urea groups is 1. The Labute approximate surface area is 126 Å². The van der Waals surface area contributed by atoms with Crippen molar-refractivity contribution in [2.45, 2.75) is 25.8 Å². The van der Waals surface area contributed by atoms with E-state index < -0.39 is 5.97 Å². The summed E-state index contributed by atoms with van der Waals surface area (Å²) < 4.78 is 0. The van der Waals surface area contributed by atoms with Crippen LogP contribution in [0.5, 0.6) is 0 Å². The van der Waals surface area contributed by atoms with Gasteiger partial charge in [0.2, 0.25) is 0 Å². The maximum absolute atomic E-state index is 12.1. The number of nitrogens with one attached hydrogen (secondary N) is 1. The van der Waals surface area contributed by atoms with Gasteiger partial charge in [-0.25, -0.2) is 4.79 Å². The third kappa shape index (κ3) is 6.77. The van der Waals surface area contributed by atoms with Gasteiger partial charge in [0, 0.05) is 45.3 Å². The predicted molar refractivity (Wildman–Crippen MR) is 81.4 cm³/mol. The molecule has 1 unspecified atom stereocenters. The van der Waals surface area contributed by atoms with Crippen LogP contribution in [-0.2, 0) is 4.79 Å². The molecule has 0 aromatic heterocycles. The van der Waals surface area contributed by atoms with Crippen LogP contribution in [0.25, 0.3) is 0 Å². The van der Waals surface area contributed by atoms with Gasteiger partial charge in [-0.2, -0.15) is 0 Å². The van der Waals surface area contributed by atoms with Crippen LogP contribution in [0.3, 0.4) is 0 Å². The maximum atomic E-state index is 12.1. The number of hydrogen-bond acceptors (Lipinski definition) is 4. The Bertz CT molecular complexity index is 341. The second-order valence-electron chi connectivity index (χ2n) is 5.78. The van der Waals surface area contributed by atoms with Crippen molar-refractivity contribution in [3.63, 3.8) is 0 Å². The highest BCUT2D eigenvalue weighted by Gasteiger charge is 2.23. The summed E-state index contributed by atoms with van der Waals surface area (Å²) in [4.78, 5) is 29.1. The van der Waals surface area contributed by atoms with Crippen LogP contribution in [-0.4, -0.2) is 91.2 Å². The molecule has 0 bridgehead atoms. The second kappa shape index (κ2) is 8.84. The Kier molecular flexibility index (Phi) is 7.45. The van der Waals surface area contributed by atoms with Crippen molar-refractivity contribution in [2.75, 3.05) is 53.4 Å². The highest BCUT2D eigenvalue weighted by molar-refractivity contribution is 5.76. The van der Waals surface area contributed by atoms with Gasteiger partial charge >= 0.3 is 12.0 Å². The molecule has 1 aliphatic rings. The second-order valence-corrected chi connectivity index (χ2v) is 5.78. The minimum absolute atomic E-state index is 0.0228. The monoisotopic (exact) mass is 300 g/mol. The molecule has 7 nitrogen and oxygen atoms in total. The van der Waals surface area contributed by atoms with Crippen molar-refractivity contribution in [1.82, 2.24) is 20.0 Å². The number of carboxylic acid groups (broad SMARTS) is 1. The minimum Gasteiger partial charge on any atom is -0.481 e. The zero-order chi connectivity index (χ0) is 15.8. The van der Waals surface area contributed by atoms with Crippen LogP contribution in [0, 0.1) is 0 Å². The number of aliphatic carboxylic acids is 1. The molecule has 0 aromatic carbocycles. The normalized spacial score (nSPS) is 17.8. The average molecular weight is 300 g/mol. The van der Waals surface area contributed by atoms with Gasteiger partial charge in [-0.1, -0.05) is 6.92 Å². The lowest BCUT2D eigenvalue weighted by atomic mass is 10.1. The molecule has 21 heavy (non-hydrogen) atoms. The molecule has 0 saturated carbocycles. The molecule has 1 saturated heterocycles. The summed E-state index contributed by atoms with van der Waals surface area (Å²) >= 11 is 0. The molecule has 1 rings (SSSR count). The average Bonchev–Trinajstić information content (AvgIpc) is 2.44. The number of amides is 2. The fraction of sp³-hybridized carbons (Fsp3) is 0.857. The molecular formula is C14H28N4O3. The van der Waals surface area contributed by atoms with E-state index in [9.17, 15) is 9.59 Å². The Morgan fingerprint density at radius 1 is 1.24 bits per heavy atom. The molecule has 1 aliphatic heterocycles. The van der Waals surface area contributed by atoms with E-state index in [4.69, 9.17) is 5.11 Å². The number of rotatable bonds is 7. The van der Waals surface area contributed by atoms with Crippen molar-refractivity contribution in [1.29, 1.82) is 0 Å². The van der Waals surface area contributed by atoms with E-state index in [-0.39, 0.29) is 18.5 Å². The van der Waals surface area contributed by atoms with Crippen LogP contribution in [0.4, 0.5) is 4.79 Å². The van der Waals surface area contributed by atoms with Gasteiger partial charge in [-0.15, -0.1) is 0 Å². The van der Waals surface area contributed by atoms with E-state index in [0.29, 0.717) is 19.5 Å². The van der Waals surface area contributed by atoms with E-state index in [1.54, 1.807) is 4.90 Å². The number of carbonyl (C=O) groups excluding carboxylic acids is 1. The third-order valence-electron chi connectivity index (χ3n) is 3.76. The lowest BCUT2D eigenvalue weighted by Crippen LogP contribution is -2.54. The summed E-state index contributed by atoms with van der Waals surface area (Å²) in [6.07, 6.45) is 0.603. The standard InChI is InChI=1S/C14H28N4O3/c1-4-12(11-13(19)20)15-14(21)18-9-7-17(8-10-18)6-5-16(2)3/h12H,4-11H2,1-3H3,(H,15,21)(H,19,20). The zero-order valence-electron chi connectivity index (χ0n) is 13.3. The predicted octanol–water partition coefficient (Wildman–Crippen LogP) is 0.129. The smallest absolute Gasteiger partial charge is 0.317 e. The van der Waals surface area contributed by atoms with Gasteiger partial charge in [0.1, 0.15) is 0 Å². The molecule has 7 heteroatoms. The first kappa shape index (κ1) is 17.7. The van der Waals surface area contributed by atoms with Gasteiger partial charge < -0.3 is 20.2 Å². The first-order chi connectivity index (χ1) is 9.92. The first-order valence-corrected chi connectivity index (χ1v) is 7.56. The number of nitrogens with zero attached hydrogens (tertiary/aromatic N) is 3. The fourth-order valence-electron chi connectivity index (χ4n) is 2.29. The summed E-state index contributed by atoms with van der Waals surface area (Å²) in [5.41, 5.74) is 0.